The van der Waals surface area contributed by atoms with Gasteiger partial charge in [-0.25, -0.2) is 0 Å². The molecular formula is C11H23NO. The van der Waals surface area contributed by atoms with E-state index in [1.54, 1.807) is 0 Å². The summed E-state index contributed by atoms with van der Waals surface area (Å²) in [7, 11) is 1.86. The molecule has 0 aromatic carbocycles. The molecule has 0 spiro atoms. The Kier molecular flexibility index (Phi) is 4.20. The van der Waals surface area contributed by atoms with E-state index in [1.807, 2.05) is 7.11 Å². The fraction of sp³-hybridized carbons (Fsp3) is 1.00. The predicted molar refractivity (Wildman–Crippen MR) is 55.7 cm³/mol. The van der Waals surface area contributed by atoms with E-state index in [0.29, 0.717) is 0 Å². The van der Waals surface area contributed by atoms with Crippen LogP contribution in [0.3, 0.4) is 0 Å². The molecule has 1 aliphatic heterocycles. The number of nitrogens with zero attached hydrogens (tertiary/aromatic N) is 1. The highest BCUT2D eigenvalue weighted by atomic mass is 16.5. The lowest BCUT2D eigenvalue weighted by Gasteiger charge is -2.36. The molecule has 1 fully saturated rings. The van der Waals surface area contributed by atoms with Crippen molar-refractivity contribution < 1.29 is 4.74 Å². The zero-order valence-electron chi connectivity index (χ0n) is 9.31. The summed E-state index contributed by atoms with van der Waals surface area (Å²) in [6.07, 6.45) is 6.27. The lowest BCUT2D eigenvalue weighted by Crippen LogP contribution is -2.45. The number of likely N-dealkylation sites (tertiary alicyclic amines) is 1. The van der Waals surface area contributed by atoms with E-state index in [2.05, 4.69) is 18.7 Å². The number of hydrogen-bond donors (Lipinski definition) is 0. The Bertz CT molecular complexity index is 149. The molecule has 0 aromatic heterocycles. The molecular weight excluding hydrogens is 162 g/mol. The maximum atomic E-state index is 5.73. The van der Waals surface area contributed by atoms with Crippen LogP contribution in [0, 0.1) is 0 Å². The van der Waals surface area contributed by atoms with Crippen molar-refractivity contribution in [3.8, 4) is 0 Å². The zero-order valence-corrected chi connectivity index (χ0v) is 9.31. The van der Waals surface area contributed by atoms with Crippen molar-refractivity contribution in [2.75, 3.05) is 20.2 Å². The third kappa shape index (κ3) is 2.23. The van der Waals surface area contributed by atoms with Crippen LogP contribution in [0.15, 0.2) is 0 Å². The van der Waals surface area contributed by atoms with Gasteiger partial charge in [-0.05, 0) is 32.2 Å². The minimum absolute atomic E-state index is 0.0881. The average molecular weight is 185 g/mol. The van der Waals surface area contributed by atoms with Gasteiger partial charge in [0.1, 0.15) is 5.72 Å². The second kappa shape index (κ2) is 4.97. The molecule has 1 unspecified atom stereocenters. The molecule has 0 saturated carbocycles. The summed E-state index contributed by atoms with van der Waals surface area (Å²) >= 11 is 0. The van der Waals surface area contributed by atoms with E-state index in [0.717, 1.165) is 6.54 Å². The summed E-state index contributed by atoms with van der Waals surface area (Å²) in [5.74, 6) is 0. The Morgan fingerprint density at radius 3 is 2.69 bits per heavy atom. The fourth-order valence-electron chi connectivity index (χ4n) is 2.42. The van der Waals surface area contributed by atoms with Crippen LogP contribution < -0.4 is 0 Å². The van der Waals surface area contributed by atoms with Gasteiger partial charge >= 0.3 is 0 Å². The van der Waals surface area contributed by atoms with Crippen LogP contribution in [-0.2, 0) is 4.74 Å². The third-order valence-corrected chi connectivity index (χ3v) is 3.25. The van der Waals surface area contributed by atoms with E-state index in [-0.39, 0.29) is 5.72 Å². The lowest BCUT2D eigenvalue weighted by molar-refractivity contribution is -0.116. The fourth-order valence-corrected chi connectivity index (χ4v) is 2.42. The molecule has 1 aliphatic rings. The minimum Gasteiger partial charge on any atom is -0.364 e. The highest BCUT2D eigenvalue weighted by molar-refractivity contribution is 4.86. The quantitative estimate of drug-likeness (QED) is 0.653. The topological polar surface area (TPSA) is 12.5 Å². The second-order valence-electron chi connectivity index (χ2n) is 3.94. The molecule has 1 atom stereocenters. The van der Waals surface area contributed by atoms with Crippen molar-refractivity contribution >= 4 is 0 Å². The normalized spacial score (nSPS) is 29.8. The molecule has 1 heterocycles. The standard InChI is InChI=1S/C11H23NO/c1-4-6-8-11(13-3)9-7-10-12(11)5-2/h4-10H2,1-3H3. The first kappa shape index (κ1) is 11.0. The predicted octanol–water partition coefficient (Wildman–Crippen LogP) is 2.64. The van der Waals surface area contributed by atoms with Crippen LogP contribution >= 0.6 is 0 Å². The van der Waals surface area contributed by atoms with E-state index in [4.69, 9.17) is 4.74 Å². The van der Waals surface area contributed by atoms with Crippen LogP contribution in [-0.4, -0.2) is 30.8 Å². The Morgan fingerprint density at radius 2 is 2.15 bits per heavy atom. The van der Waals surface area contributed by atoms with Crippen LogP contribution in [0.2, 0.25) is 0 Å². The molecule has 13 heavy (non-hydrogen) atoms. The Hall–Kier alpha value is -0.0800. The molecule has 1 saturated heterocycles. The van der Waals surface area contributed by atoms with E-state index in [9.17, 15) is 0 Å². The van der Waals surface area contributed by atoms with Crippen LogP contribution in [0.25, 0.3) is 0 Å². The molecule has 78 valence electrons. The molecule has 0 bridgehead atoms. The average Bonchev–Trinajstić information content (AvgIpc) is 2.58. The maximum absolute atomic E-state index is 5.73. The van der Waals surface area contributed by atoms with Crippen LogP contribution in [0.4, 0.5) is 0 Å². The van der Waals surface area contributed by atoms with Gasteiger partial charge in [0.2, 0.25) is 0 Å². The van der Waals surface area contributed by atoms with Crippen LogP contribution in [0.5, 0.6) is 0 Å². The number of methoxy groups -OCH3 is 1. The first-order valence-corrected chi connectivity index (χ1v) is 5.59. The Labute approximate surface area is 82.3 Å². The van der Waals surface area contributed by atoms with Gasteiger partial charge in [-0.15, -0.1) is 0 Å². The number of unbranched alkanes of at least 4 members (excludes halogenated alkanes) is 1. The first-order valence-electron chi connectivity index (χ1n) is 5.59. The van der Waals surface area contributed by atoms with Crippen molar-refractivity contribution in [1.82, 2.24) is 4.90 Å². The zero-order chi connectivity index (χ0) is 9.73. The molecule has 0 aromatic rings. The molecule has 0 amide bonds. The minimum atomic E-state index is 0.0881. The molecule has 0 N–H and O–H groups in total. The third-order valence-electron chi connectivity index (χ3n) is 3.25. The van der Waals surface area contributed by atoms with Crippen molar-refractivity contribution in [3.05, 3.63) is 0 Å². The van der Waals surface area contributed by atoms with E-state index in [1.165, 1.54) is 38.6 Å². The van der Waals surface area contributed by atoms with Crippen molar-refractivity contribution in [2.24, 2.45) is 0 Å². The van der Waals surface area contributed by atoms with Gasteiger partial charge in [-0.2, -0.15) is 0 Å². The van der Waals surface area contributed by atoms with E-state index >= 15 is 0 Å². The summed E-state index contributed by atoms with van der Waals surface area (Å²) in [5.41, 5.74) is 0.0881. The van der Waals surface area contributed by atoms with Gasteiger partial charge in [0, 0.05) is 13.7 Å². The smallest absolute Gasteiger partial charge is 0.121 e. The number of ether oxygens (including phenoxy) is 1. The lowest BCUT2D eigenvalue weighted by atomic mass is 10.0. The summed E-state index contributed by atoms with van der Waals surface area (Å²) in [6, 6.07) is 0. The van der Waals surface area contributed by atoms with Crippen molar-refractivity contribution in [2.45, 2.75) is 51.7 Å². The van der Waals surface area contributed by atoms with E-state index < -0.39 is 0 Å². The van der Waals surface area contributed by atoms with Gasteiger partial charge in [0.25, 0.3) is 0 Å². The SMILES string of the molecule is CCCCC1(OC)CCCN1CC. The monoisotopic (exact) mass is 185 g/mol. The summed E-state index contributed by atoms with van der Waals surface area (Å²) in [4.78, 5) is 2.49. The summed E-state index contributed by atoms with van der Waals surface area (Å²) in [5, 5.41) is 0. The number of hydrogen-bond acceptors (Lipinski definition) is 2. The molecule has 0 radical (unpaired) electrons. The van der Waals surface area contributed by atoms with Crippen LogP contribution in [0.1, 0.15) is 46.0 Å². The van der Waals surface area contributed by atoms with Crippen molar-refractivity contribution in [1.29, 1.82) is 0 Å². The molecule has 2 nitrogen and oxygen atoms in total. The molecule has 2 heteroatoms. The Morgan fingerprint density at radius 1 is 1.38 bits per heavy atom. The number of rotatable bonds is 5. The van der Waals surface area contributed by atoms with Gasteiger partial charge in [-0.1, -0.05) is 20.3 Å². The van der Waals surface area contributed by atoms with Gasteiger partial charge in [0.15, 0.2) is 0 Å². The first-order chi connectivity index (χ1) is 6.29. The van der Waals surface area contributed by atoms with Gasteiger partial charge in [-0.3, -0.25) is 4.90 Å². The maximum Gasteiger partial charge on any atom is 0.121 e. The summed E-state index contributed by atoms with van der Waals surface area (Å²) in [6.45, 7) is 6.81. The molecule has 0 aliphatic carbocycles. The van der Waals surface area contributed by atoms with Gasteiger partial charge in [0.05, 0.1) is 0 Å². The van der Waals surface area contributed by atoms with Crippen molar-refractivity contribution in [3.63, 3.8) is 0 Å². The molecule has 1 rings (SSSR count). The highest BCUT2D eigenvalue weighted by Gasteiger charge is 2.39. The second-order valence-corrected chi connectivity index (χ2v) is 3.94. The summed E-state index contributed by atoms with van der Waals surface area (Å²) < 4.78 is 5.73. The highest BCUT2D eigenvalue weighted by Crippen LogP contribution is 2.34. The van der Waals surface area contributed by atoms with Gasteiger partial charge < -0.3 is 4.74 Å². The largest absolute Gasteiger partial charge is 0.364 e. The Balaban J connectivity index is 2.55.